The van der Waals surface area contributed by atoms with Crippen molar-refractivity contribution in [2.24, 2.45) is 5.92 Å². The van der Waals surface area contributed by atoms with Crippen LogP contribution in [-0.4, -0.2) is 30.2 Å². The molecule has 3 nitrogen and oxygen atoms in total. The minimum atomic E-state index is 0.208. The third kappa shape index (κ3) is 4.22. The summed E-state index contributed by atoms with van der Waals surface area (Å²) in [5.41, 5.74) is 1.10. The molecule has 0 aromatic heterocycles. The van der Waals surface area contributed by atoms with E-state index in [1.807, 2.05) is 12.1 Å². The van der Waals surface area contributed by atoms with Gasteiger partial charge in [-0.25, -0.2) is 0 Å². The first-order valence-corrected chi connectivity index (χ1v) is 6.50. The monoisotopic (exact) mass is 251 g/mol. The van der Waals surface area contributed by atoms with Crippen LogP contribution in [-0.2, 0) is 6.54 Å². The van der Waals surface area contributed by atoms with Gasteiger partial charge in [0, 0.05) is 12.6 Å². The highest BCUT2D eigenvalue weighted by atomic mass is 16.5. The molecule has 1 N–H and O–H groups in total. The van der Waals surface area contributed by atoms with Gasteiger partial charge in [-0.1, -0.05) is 19.9 Å². The molecule has 0 aliphatic heterocycles. The number of phenols is 1. The van der Waals surface area contributed by atoms with Crippen LogP contribution in [0, 0.1) is 5.92 Å². The number of nitrogens with zero attached hydrogens (tertiary/aromatic N) is 1. The van der Waals surface area contributed by atoms with Crippen LogP contribution in [0.15, 0.2) is 18.2 Å². The SMILES string of the molecule is COc1ccc(CN(C)C(C)CC(C)C)cc1O. The van der Waals surface area contributed by atoms with Crippen molar-refractivity contribution in [3.05, 3.63) is 23.8 Å². The van der Waals surface area contributed by atoms with Crippen molar-refractivity contribution in [3.8, 4) is 11.5 Å². The second-order valence-electron chi connectivity index (χ2n) is 5.40. The largest absolute Gasteiger partial charge is 0.504 e. The van der Waals surface area contributed by atoms with Crippen LogP contribution in [0.25, 0.3) is 0 Å². The lowest BCUT2D eigenvalue weighted by Crippen LogP contribution is -2.29. The number of methoxy groups -OCH3 is 1. The lowest BCUT2D eigenvalue weighted by Gasteiger charge is -2.26. The average molecular weight is 251 g/mol. The van der Waals surface area contributed by atoms with E-state index in [0.717, 1.165) is 12.1 Å². The minimum Gasteiger partial charge on any atom is -0.504 e. The van der Waals surface area contributed by atoms with Crippen molar-refractivity contribution in [2.75, 3.05) is 14.2 Å². The molecule has 0 aliphatic rings. The van der Waals surface area contributed by atoms with Gasteiger partial charge < -0.3 is 9.84 Å². The number of hydrogen-bond acceptors (Lipinski definition) is 3. The third-order valence-corrected chi connectivity index (χ3v) is 3.24. The molecule has 1 rings (SSSR count). The Kier molecular flexibility index (Phi) is 5.48. The van der Waals surface area contributed by atoms with Crippen molar-refractivity contribution >= 4 is 0 Å². The first-order chi connectivity index (χ1) is 8.43. The maximum absolute atomic E-state index is 9.74. The Hall–Kier alpha value is -1.22. The molecule has 18 heavy (non-hydrogen) atoms. The van der Waals surface area contributed by atoms with Gasteiger partial charge in [0.1, 0.15) is 0 Å². The van der Waals surface area contributed by atoms with Gasteiger partial charge in [-0.3, -0.25) is 4.90 Å². The zero-order valence-electron chi connectivity index (χ0n) is 12.1. The number of hydrogen-bond donors (Lipinski definition) is 1. The number of aromatic hydroxyl groups is 1. The second kappa shape index (κ2) is 6.64. The topological polar surface area (TPSA) is 32.7 Å². The van der Waals surface area contributed by atoms with E-state index in [1.54, 1.807) is 13.2 Å². The van der Waals surface area contributed by atoms with Gasteiger partial charge in [-0.2, -0.15) is 0 Å². The van der Waals surface area contributed by atoms with Crippen LogP contribution in [0.1, 0.15) is 32.8 Å². The van der Waals surface area contributed by atoms with E-state index in [0.29, 0.717) is 17.7 Å². The average Bonchev–Trinajstić information content (AvgIpc) is 2.28. The molecular formula is C15H25NO2. The molecule has 0 amide bonds. The highest BCUT2D eigenvalue weighted by Crippen LogP contribution is 2.27. The predicted molar refractivity (Wildman–Crippen MR) is 75.0 cm³/mol. The fourth-order valence-electron chi connectivity index (χ4n) is 2.14. The molecule has 3 heteroatoms. The maximum Gasteiger partial charge on any atom is 0.160 e. The van der Waals surface area contributed by atoms with Gasteiger partial charge in [-0.05, 0) is 44.0 Å². The van der Waals surface area contributed by atoms with E-state index < -0.39 is 0 Å². The van der Waals surface area contributed by atoms with Crippen LogP contribution >= 0.6 is 0 Å². The fraction of sp³-hybridized carbons (Fsp3) is 0.600. The number of rotatable bonds is 6. The molecule has 1 atom stereocenters. The summed E-state index contributed by atoms with van der Waals surface area (Å²) in [6.07, 6.45) is 1.18. The van der Waals surface area contributed by atoms with Gasteiger partial charge in [0.05, 0.1) is 7.11 Å². The normalized spacial score (nSPS) is 13.1. The van der Waals surface area contributed by atoms with Crippen molar-refractivity contribution in [2.45, 2.75) is 39.8 Å². The summed E-state index contributed by atoms with van der Waals surface area (Å²) >= 11 is 0. The molecule has 0 radical (unpaired) electrons. The number of phenolic OH excluding ortho intramolecular Hbond substituents is 1. The molecule has 0 bridgehead atoms. The Morgan fingerprint density at radius 2 is 1.94 bits per heavy atom. The maximum atomic E-state index is 9.74. The van der Waals surface area contributed by atoms with Crippen molar-refractivity contribution in [1.82, 2.24) is 4.90 Å². The first-order valence-electron chi connectivity index (χ1n) is 6.50. The molecule has 1 aromatic rings. The summed E-state index contributed by atoms with van der Waals surface area (Å²) in [5.74, 6) is 1.43. The van der Waals surface area contributed by atoms with E-state index in [1.165, 1.54) is 6.42 Å². The Balaban J connectivity index is 2.64. The molecule has 0 saturated carbocycles. The Bertz CT molecular complexity index is 377. The predicted octanol–water partition coefficient (Wildman–Crippen LogP) is 3.27. The van der Waals surface area contributed by atoms with E-state index in [2.05, 4.69) is 32.7 Å². The van der Waals surface area contributed by atoms with Gasteiger partial charge in [0.25, 0.3) is 0 Å². The van der Waals surface area contributed by atoms with E-state index in [4.69, 9.17) is 4.74 Å². The molecule has 0 fully saturated rings. The summed E-state index contributed by atoms with van der Waals surface area (Å²) in [6.45, 7) is 7.56. The van der Waals surface area contributed by atoms with Crippen LogP contribution in [0.2, 0.25) is 0 Å². The lowest BCUT2D eigenvalue weighted by molar-refractivity contribution is 0.220. The zero-order valence-corrected chi connectivity index (χ0v) is 12.1. The number of benzene rings is 1. The second-order valence-corrected chi connectivity index (χ2v) is 5.40. The molecular weight excluding hydrogens is 226 g/mol. The van der Waals surface area contributed by atoms with Crippen LogP contribution in [0.3, 0.4) is 0 Å². The molecule has 1 aromatic carbocycles. The Morgan fingerprint density at radius 1 is 1.28 bits per heavy atom. The Labute approximate surface area is 110 Å². The fourth-order valence-corrected chi connectivity index (χ4v) is 2.14. The van der Waals surface area contributed by atoms with E-state index in [-0.39, 0.29) is 5.75 Å². The lowest BCUT2D eigenvalue weighted by atomic mass is 10.0. The van der Waals surface area contributed by atoms with Crippen molar-refractivity contribution < 1.29 is 9.84 Å². The van der Waals surface area contributed by atoms with E-state index >= 15 is 0 Å². The third-order valence-electron chi connectivity index (χ3n) is 3.24. The van der Waals surface area contributed by atoms with Gasteiger partial charge in [0.2, 0.25) is 0 Å². The zero-order chi connectivity index (χ0) is 13.7. The smallest absolute Gasteiger partial charge is 0.160 e. The molecule has 0 spiro atoms. The van der Waals surface area contributed by atoms with E-state index in [9.17, 15) is 5.11 Å². The molecule has 0 aliphatic carbocycles. The standard InChI is InChI=1S/C15H25NO2/c1-11(2)8-12(3)16(4)10-13-6-7-15(18-5)14(17)9-13/h6-7,9,11-12,17H,8,10H2,1-5H3. The number of ether oxygens (including phenoxy) is 1. The summed E-state index contributed by atoms with van der Waals surface area (Å²) in [6, 6.07) is 6.12. The molecule has 0 heterocycles. The van der Waals surface area contributed by atoms with Gasteiger partial charge in [0.15, 0.2) is 11.5 Å². The summed E-state index contributed by atoms with van der Waals surface area (Å²) in [5, 5.41) is 9.74. The highest BCUT2D eigenvalue weighted by molar-refractivity contribution is 5.41. The van der Waals surface area contributed by atoms with Crippen LogP contribution < -0.4 is 4.74 Å². The highest BCUT2D eigenvalue weighted by Gasteiger charge is 2.12. The Morgan fingerprint density at radius 3 is 2.44 bits per heavy atom. The minimum absolute atomic E-state index is 0.208. The van der Waals surface area contributed by atoms with Gasteiger partial charge in [-0.15, -0.1) is 0 Å². The van der Waals surface area contributed by atoms with Gasteiger partial charge >= 0.3 is 0 Å². The van der Waals surface area contributed by atoms with Crippen molar-refractivity contribution in [3.63, 3.8) is 0 Å². The molecule has 0 saturated heterocycles. The van der Waals surface area contributed by atoms with Crippen molar-refractivity contribution in [1.29, 1.82) is 0 Å². The summed E-state index contributed by atoms with van der Waals surface area (Å²) in [7, 11) is 3.68. The molecule has 1 unspecified atom stereocenters. The quantitative estimate of drug-likeness (QED) is 0.842. The van der Waals surface area contributed by atoms with Crippen LogP contribution in [0.5, 0.6) is 11.5 Å². The first kappa shape index (κ1) is 14.8. The van der Waals surface area contributed by atoms with Crippen LogP contribution in [0.4, 0.5) is 0 Å². The summed E-state index contributed by atoms with van der Waals surface area (Å²) in [4.78, 5) is 2.31. The molecule has 102 valence electrons. The summed E-state index contributed by atoms with van der Waals surface area (Å²) < 4.78 is 5.04.